The van der Waals surface area contributed by atoms with E-state index in [1.165, 1.54) is 39.9 Å². The highest BCUT2D eigenvalue weighted by atomic mass is 32.2. The molecule has 8 heteroatoms. The van der Waals surface area contributed by atoms with Gasteiger partial charge in [-0.1, -0.05) is 12.1 Å². The van der Waals surface area contributed by atoms with Gasteiger partial charge in [0.25, 0.3) is 0 Å². The van der Waals surface area contributed by atoms with Crippen molar-refractivity contribution in [2.75, 3.05) is 4.31 Å². The van der Waals surface area contributed by atoms with Gasteiger partial charge < -0.3 is 0 Å². The Morgan fingerprint density at radius 3 is 2.59 bits per heavy atom. The zero-order valence-corrected chi connectivity index (χ0v) is 16.1. The molecule has 138 valence electrons. The van der Waals surface area contributed by atoms with Gasteiger partial charge in [0.2, 0.25) is 10.0 Å². The average Bonchev–Trinajstić information content (AvgIpc) is 3.05. The van der Waals surface area contributed by atoms with Crippen LogP contribution >= 0.6 is 11.3 Å². The smallest absolute Gasteiger partial charge is 0.239 e. The summed E-state index contributed by atoms with van der Waals surface area (Å²) in [5.74, 6) is -0.717. The second kappa shape index (κ2) is 7.86. The Morgan fingerprint density at radius 1 is 1.22 bits per heavy atom. The number of aromatic nitrogens is 1. The van der Waals surface area contributed by atoms with E-state index in [4.69, 9.17) is 5.26 Å². The van der Waals surface area contributed by atoms with Gasteiger partial charge in [0.1, 0.15) is 5.82 Å². The monoisotopic (exact) mass is 401 g/mol. The molecule has 0 aliphatic rings. The molecule has 0 atom stereocenters. The van der Waals surface area contributed by atoms with E-state index in [2.05, 4.69) is 4.98 Å². The van der Waals surface area contributed by atoms with E-state index in [-0.39, 0.29) is 12.3 Å². The minimum atomic E-state index is -3.79. The third kappa shape index (κ3) is 4.70. The number of nitriles is 1. The summed E-state index contributed by atoms with van der Waals surface area (Å²) in [6.45, 7) is 1.90. The van der Waals surface area contributed by atoms with Gasteiger partial charge >= 0.3 is 0 Å². The predicted molar refractivity (Wildman–Crippen MR) is 103 cm³/mol. The lowest BCUT2D eigenvalue weighted by molar-refractivity contribution is 0.588. The van der Waals surface area contributed by atoms with E-state index in [9.17, 15) is 12.8 Å². The first-order chi connectivity index (χ1) is 12.9. The van der Waals surface area contributed by atoms with E-state index < -0.39 is 15.8 Å². The van der Waals surface area contributed by atoms with Crippen LogP contribution in [0.3, 0.4) is 0 Å². The van der Waals surface area contributed by atoms with Crippen LogP contribution in [0.4, 0.5) is 10.1 Å². The topological polar surface area (TPSA) is 74.1 Å². The highest BCUT2D eigenvalue weighted by Gasteiger charge is 2.24. The zero-order valence-electron chi connectivity index (χ0n) is 14.5. The molecule has 0 amide bonds. The molecule has 1 aromatic heterocycles. The van der Waals surface area contributed by atoms with E-state index in [0.717, 1.165) is 5.01 Å². The van der Waals surface area contributed by atoms with E-state index in [1.807, 2.05) is 13.0 Å². The highest BCUT2D eigenvalue weighted by molar-refractivity contribution is 7.92. The molecule has 0 radical (unpaired) electrons. The number of halogens is 1. The summed E-state index contributed by atoms with van der Waals surface area (Å²) in [5, 5.41) is 11.7. The molecule has 0 saturated heterocycles. The van der Waals surface area contributed by atoms with Crippen molar-refractivity contribution in [1.29, 1.82) is 5.26 Å². The maximum Gasteiger partial charge on any atom is 0.239 e. The molecule has 27 heavy (non-hydrogen) atoms. The summed E-state index contributed by atoms with van der Waals surface area (Å²) in [6, 6.07) is 13.8. The first-order valence-corrected chi connectivity index (χ1v) is 10.5. The quantitative estimate of drug-likeness (QED) is 0.626. The first kappa shape index (κ1) is 19.0. The van der Waals surface area contributed by atoms with Crippen LogP contribution in [0.15, 0.2) is 53.9 Å². The standard InChI is InChI=1S/C19H16FN3O2S2/c1-14-22-18(12-26-14)11-23(19-7-5-17(20)6-8-19)27(24,25)13-16-4-2-3-15(9-16)10-21/h2-9,12H,11,13H2,1H3. The van der Waals surface area contributed by atoms with Crippen molar-refractivity contribution in [3.8, 4) is 6.07 Å². The molecule has 5 nitrogen and oxygen atoms in total. The first-order valence-electron chi connectivity index (χ1n) is 8.03. The van der Waals surface area contributed by atoms with Crippen LogP contribution in [0, 0.1) is 24.1 Å². The lowest BCUT2D eigenvalue weighted by Gasteiger charge is -2.24. The number of nitrogens with zero attached hydrogens (tertiary/aromatic N) is 3. The van der Waals surface area contributed by atoms with Crippen molar-refractivity contribution in [3.05, 3.63) is 81.6 Å². The van der Waals surface area contributed by atoms with E-state index in [1.54, 1.807) is 29.6 Å². The summed E-state index contributed by atoms with van der Waals surface area (Å²) < 4.78 is 40.8. The second-order valence-corrected chi connectivity index (χ2v) is 8.86. The Bertz CT molecular complexity index is 1090. The summed E-state index contributed by atoms with van der Waals surface area (Å²) >= 11 is 1.43. The molecule has 0 unspecified atom stereocenters. The summed E-state index contributed by atoms with van der Waals surface area (Å²) in [4.78, 5) is 4.34. The molecular weight excluding hydrogens is 385 g/mol. The molecule has 0 aliphatic heterocycles. The number of benzene rings is 2. The number of hydrogen-bond donors (Lipinski definition) is 0. The molecule has 0 fully saturated rings. The van der Waals surface area contributed by atoms with Crippen LogP contribution in [-0.2, 0) is 22.3 Å². The number of sulfonamides is 1. The minimum Gasteiger partial charge on any atom is -0.264 e. The van der Waals surface area contributed by atoms with Crippen molar-refractivity contribution in [3.63, 3.8) is 0 Å². The van der Waals surface area contributed by atoms with Crippen molar-refractivity contribution in [2.45, 2.75) is 19.2 Å². The number of thiazole rings is 1. The van der Waals surface area contributed by atoms with E-state index >= 15 is 0 Å². The molecule has 0 N–H and O–H groups in total. The molecule has 2 aromatic carbocycles. The van der Waals surface area contributed by atoms with Gasteiger partial charge in [0, 0.05) is 5.38 Å². The normalized spacial score (nSPS) is 11.1. The largest absolute Gasteiger partial charge is 0.264 e. The van der Waals surface area contributed by atoms with E-state index in [0.29, 0.717) is 22.5 Å². The molecule has 0 saturated carbocycles. The fourth-order valence-electron chi connectivity index (χ4n) is 2.60. The predicted octanol–water partition coefficient (Wildman–Crippen LogP) is 4.00. The van der Waals surface area contributed by atoms with Crippen molar-refractivity contribution < 1.29 is 12.8 Å². The van der Waals surface area contributed by atoms with Gasteiger partial charge in [0.15, 0.2) is 0 Å². The maximum atomic E-state index is 13.3. The van der Waals surface area contributed by atoms with Gasteiger partial charge in [-0.25, -0.2) is 17.8 Å². The second-order valence-electron chi connectivity index (χ2n) is 5.91. The van der Waals surface area contributed by atoms with Crippen LogP contribution in [0.1, 0.15) is 21.8 Å². The summed E-state index contributed by atoms with van der Waals surface area (Å²) in [7, 11) is -3.79. The maximum absolute atomic E-state index is 13.3. The fourth-order valence-corrected chi connectivity index (χ4v) is 4.74. The minimum absolute atomic E-state index is 0.0518. The van der Waals surface area contributed by atoms with Gasteiger partial charge in [-0.15, -0.1) is 11.3 Å². The fraction of sp³-hybridized carbons (Fsp3) is 0.158. The average molecular weight is 401 g/mol. The molecule has 0 aliphatic carbocycles. The SMILES string of the molecule is Cc1nc(CN(c2ccc(F)cc2)S(=O)(=O)Cc2cccc(C#N)c2)cs1. The Kier molecular flexibility index (Phi) is 5.54. The van der Waals surface area contributed by atoms with Crippen LogP contribution in [-0.4, -0.2) is 13.4 Å². The van der Waals surface area contributed by atoms with Crippen LogP contribution < -0.4 is 4.31 Å². The third-order valence-electron chi connectivity index (χ3n) is 3.83. The molecule has 3 rings (SSSR count). The van der Waals surface area contributed by atoms with Crippen LogP contribution in [0.2, 0.25) is 0 Å². The molecule has 3 aromatic rings. The third-order valence-corrected chi connectivity index (χ3v) is 6.36. The van der Waals surface area contributed by atoms with Crippen LogP contribution in [0.5, 0.6) is 0 Å². The molecular formula is C19H16FN3O2S2. The lowest BCUT2D eigenvalue weighted by Crippen LogP contribution is -2.31. The molecule has 0 bridgehead atoms. The Balaban J connectivity index is 1.96. The highest BCUT2D eigenvalue weighted by Crippen LogP contribution is 2.24. The van der Waals surface area contributed by atoms with Gasteiger partial charge in [-0.2, -0.15) is 5.26 Å². The van der Waals surface area contributed by atoms with Crippen molar-refractivity contribution >= 4 is 27.0 Å². The summed E-state index contributed by atoms with van der Waals surface area (Å²) in [5.41, 5.74) is 1.89. The number of anilines is 1. The lowest BCUT2D eigenvalue weighted by atomic mass is 10.2. The zero-order chi connectivity index (χ0) is 19.4. The number of rotatable bonds is 6. The van der Waals surface area contributed by atoms with Gasteiger partial charge in [0.05, 0.1) is 40.3 Å². The molecule has 1 heterocycles. The number of aryl methyl sites for hydroxylation is 1. The van der Waals surface area contributed by atoms with Crippen molar-refractivity contribution in [2.24, 2.45) is 0 Å². The van der Waals surface area contributed by atoms with Crippen molar-refractivity contribution in [1.82, 2.24) is 4.98 Å². The Hall–Kier alpha value is -2.76. The Morgan fingerprint density at radius 2 is 1.96 bits per heavy atom. The summed E-state index contributed by atoms with van der Waals surface area (Å²) in [6.07, 6.45) is 0. The number of hydrogen-bond acceptors (Lipinski definition) is 5. The van der Waals surface area contributed by atoms with Gasteiger partial charge in [-0.05, 0) is 48.9 Å². The Labute approximate surface area is 161 Å². The van der Waals surface area contributed by atoms with Crippen LogP contribution in [0.25, 0.3) is 0 Å². The molecule has 0 spiro atoms. The van der Waals surface area contributed by atoms with Gasteiger partial charge in [-0.3, -0.25) is 4.31 Å².